The molecule has 3 nitrogen and oxygen atoms in total. The van der Waals surface area contributed by atoms with Gasteiger partial charge in [0.25, 0.3) is 0 Å². The minimum atomic E-state index is -1.02. The summed E-state index contributed by atoms with van der Waals surface area (Å²) < 4.78 is 0. The van der Waals surface area contributed by atoms with Crippen molar-refractivity contribution in [3.05, 3.63) is 53.1 Å². The SMILES string of the molecule is Nc1ccc(Sc2ccc(C(=O)O)c(Cl)c2)cc1. The number of rotatable bonds is 3. The summed E-state index contributed by atoms with van der Waals surface area (Å²) in [7, 11) is 0. The maximum atomic E-state index is 10.8. The summed E-state index contributed by atoms with van der Waals surface area (Å²) in [6.07, 6.45) is 0. The zero-order chi connectivity index (χ0) is 13.1. The second-order valence-electron chi connectivity index (χ2n) is 3.62. The van der Waals surface area contributed by atoms with Crippen LogP contribution >= 0.6 is 23.4 Å². The summed E-state index contributed by atoms with van der Waals surface area (Å²) in [5.41, 5.74) is 6.42. The second-order valence-corrected chi connectivity index (χ2v) is 5.17. The predicted molar refractivity (Wildman–Crippen MR) is 73.4 cm³/mol. The van der Waals surface area contributed by atoms with E-state index >= 15 is 0 Å². The summed E-state index contributed by atoms with van der Waals surface area (Å²) in [6, 6.07) is 12.3. The molecular weight excluding hydrogens is 270 g/mol. The standard InChI is InChI=1S/C13H10ClNO2S/c14-12-7-10(5-6-11(12)13(16)17)18-9-3-1-8(15)2-4-9/h1-7H,15H2,(H,16,17). The van der Waals surface area contributed by atoms with Crippen LogP contribution in [0.2, 0.25) is 5.02 Å². The first-order valence-electron chi connectivity index (χ1n) is 5.12. The quantitative estimate of drug-likeness (QED) is 0.840. The van der Waals surface area contributed by atoms with Crippen LogP contribution in [0.1, 0.15) is 10.4 Å². The van der Waals surface area contributed by atoms with Gasteiger partial charge in [-0.05, 0) is 42.5 Å². The van der Waals surface area contributed by atoms with E-state index < -0.39 is 5.97 Å². The van der Waals surface area contributed by atoms with Gasteiger partial charge < -0.3 is 10.8 Å². The Labute approximate surface area is 114 Å². The van der Waals surface area contributed by atoms with E-state index in [4.69, 9.17) is 22.4 Å². The number of aromatic carboxylic acids is 1. The average Bonchev–Trinajstić information content (AvgIpc) is 2.32. The van der Waals surface area contributed by atoms with Crippen molar-refractivity contribution in [3.8, 4) is 0 Å². The third kappa shape index (κ3) is 2.97. The van der Waals surface area contributed by atoms with Crippen molar-refractivity contribution in [2.45, 2.75) is 9.79 Å². The molecule has 0 aliphatic heterocycles. The Morgan fingerprint density at radius 3 is 2.28 bits per heavy atom. The maximum absolute atomic E-state index is 10.8. The van der Waals surface area contributed by atoms with Gasteiger partial charge in [-0.15, -0.1) is 0 Å². The first-order valence-corrected chi connectivity index (χ1v) is 6.32. The molecule has 2 rings (SSSR count). The predicted octanol–water partition coefficient (Wildman–Crippen LogP) is 3.77. The first-order chi connectivity index (χ1) is 8.56. The number of halogens is 1. The first kappa shape index (κ1) is 12.8. The molecule has 0 radical (unpaired) electrons. The maximum Gasteiger partial charge on any atom is 0.337 e. The lowest BCUT2D eigenvalue weighted by molar-refractivity contribution is 0.0697. The summed E-state index contributed by atoms with van der Waals surface area (Å²) in [4.78, 5) is 12.7. The lowest BCUT2D eigenvalue weighted by Crippen LogP contribution is -1.96. The summed E-state index contributed by atoms with van der Waals surface area (Å²) in [5, 5.41) is 9.11. The van der Waals surface area contributed by atoms with E-state index in [1.54, 1.807) is 12.1 Å². The number of anilines is 1. The van der Waals surface area contributed by atoms with Crippen LogP contribution in [0.4, 0.5) is 5.69 Å². The number of nitrogen functional groups attached to an aromatic ring is 1. The summed E-state index contributed by atoms with van der Waals surface area (Å²) in [5.74, 6) is -1.02. The number of carbonyl (C=O) groups is 1. The van der Waals surface area contributed by atoms with Crippen LogP contribution in [0.3, 0.4) is 0 Å². The van der Waals surface area contributed by atoms with Crippen molar-refractivity contribution in [2.24, 2.45) is 0 Å². The van der Waals surface area contributed by atoms with Crippen LogP contribution in [0, 0.1) is 0 Å². The lowest BCUT2D eigenvalue weighted by Gasteiger charge is -2.04. The highest BCUT2D eigenvalue weighted by atomic mass is 35.5. The molecule has 0 aliphatic carbocycles. The molecule has 0 saturated heterocycles. The van der Waals surface area contributed by atoms with Crippen molar-refractivity contribution >= 4 is 35.0 Å². The highest BCUT2D eigenvalue weighted by Crippen LogP contribution is 2.31. The van der Waals surface area contributed by atoms with Gasteiger partial charge in [-0.3, -0.25) is 0 Å². The molecule has 2 aromatic rings. The molecule has 18 heavy (non-hydrogen) atoms. The largest absolute Gasteiger partial charge is 0.478 e. The van der Waals surface area contributed by atoms with E-state index in [-0.39, 0.29) is 10.6 Å². The van der Waals surface area contributed by atoms with Gasteiger partial charge >= 0.3 is 5.97 Å². The summed E-state index contributed by atoms with van der Waals surface area (Å²) >= 11 is 7.40. The highest BCUT2D eigenvalue weighted by Gasteiger charge is 2.09. The molecule has 0 spiro atoms. The van der Waals surface area contributed by atoms with Gasteiger partial charge in [0.05, 0.1) is 10.6 Å². The van der Waals surface area contributed by atoms with Crippen LogP contribution in [0.15, 0.2) is 52.3 Å². The van der Waals surface area contributed by atoms with Crippen LogP contribution in [0.25, 0.3) is 0 Å². The van der Waals surface area contributed by atoms with Gasteiger partial charge in [0.1, 0.15) is 0 Å². The molecule has 0 amide bonds. The molecule has 2 aromatic carbocycles. The number of carboxylic acid groups (broad SMARTS) is 1. The summed E-state index contributed by atoms with van der Waals surface area (Å²) in [6.45, 7) is 0. The fraction of sp³-hybridized carbons (Fsp3) is 0. The zero-order valence-corrected chi connectivity index (χ0v) is 10.8. The number of nitrogens with two attached hydrogens (primary N) is 1. The minimum absolute atomic E-state index is 0.110. The smallest absolute Gasteiger partial charge is 0.337 e. The van der Waals surface area contributed by atoms with Crippen molar-refractivity contribution in [1.82, 2.24) is 0 Å². The fourth-order valence-electron chi connectivity index (χ4n) is 1.40. The van der Waals surface area contributed by atoms with E-state index in [1.807, 2.05) is 24.3 Å². The Morgan fingerprint density at radius 2 is 1.72 bits per heavy atom. The van der Waals surface area contributed by atoms with Crippen LogP contribution < -0.4 is 5.73 Å². The monoisotopic (exact) mass is 279 g/mol. The van der Waals surface area contributed by atoms with Crippen molar-refractivity contribution in [1.29, 1.82) is 0 Å². The fourth-order valence-corrected chi connectivity index (χ4v) is 2.59. The zero-order valence-electron chi connectivity index (χ0n) is 9.26. The Kier molecular flexibility index (Phi) is 3.79. The van der Waals surface area contributed by atoms with Crippen LogP contribution in [-0.2, 0) is 0 Å². The third-order valence-corrected chi connectivity index (χ3v) is 3.60. The van der Waals surface area contributed by atoms with Crippen LogP contribution in [-0.4, -0.2) is 11.1 Å². The highest BCUT2D eigenvalue weighted by molar-refractivity contribution is 7.99. The minimum Gasteiger partial charge on any atom is -0.478 e. The number of carboxylic acids is 1. The average molecular weight is 280 g/mol. The van der Waals surface area contributed by atoms with E-state index in [0.29, 0.717) is 5.69 Å². The Balaban J connectivity index is 2.22. The van der Waals surface area contributed by atoms with Gasteiger partial charge in [0.2, 0.25) is 0 Å². The molecule has 92 valence electrons. The molecule has 0 aliphatic rings. The molecule has 0 saturated carbocycles. The Bertz CT molecular complexity index is 584. The molecule has 0 fully saturated rings. The van der Waals surface area contributed by atoms with Gasteiger partial charge in [-0.2, -0.15) is 0 Å². The van der Waals surface area contributed by atoms with E-state index in [2.05, 4.69) is 0 Å². The molecule has 0 bridgehead atoms. The van der Waals surface area contributed by atoms with Crippen LogP contribution in [0.5, 0.6) is 0 Å². The van der Waals surface area contributed by atoms with Crippen molar-refractivity contribution < 1.29 is 9.90 Å². The molecular formula is C13H10ClNO2S. The van der Waals surface area contributed by atoms with Gasteiger partial charge in [0, 0.05) is 15.5 Å². The van der Waals surface area contributed by atoms with E-state index in [0.717, 1.165) is 9.79 Å². The number of hydrogen-bond donors (Lipinski definition) is 2. The third-order valence-electron chi connectivity index (χ3n) is 2.29. The topological polar surface area (TPSA) is 63.3 Å². The second kappa shape index (κ2) is 5.33. The van der Waals surface area contributed by atoms with E-state index in [1.165, 1.54) is 17.8 Å². The van der Waals surface area contributed by atoms with Crippen molar-refractivity contribution in [2.75, 3.05) is 5.73 Å². The normalized spacial score (nSPS) is 10.3. The van der Waals surface area contributed by atoms with Gasteiger partial charge in [-0.25, -0.2) is 4.79 Å². The molecule has 0 atom stereocenters. The van der Waals surface area contributed by atoms with Crippen molar-refractivity contribution in [3.63, 3.8) is 0 Å². The number of benzene rings is 2. The molecule has 0 unspecified atom stereocenters. The molecule has 3 N–H and O–H groups in total. The van der Waals surface area contributed by atoms with E-state index in [9.17, 15) is 4.79 Å². The number of hydrogen-bond acceptors (Lipinski definition) is 3. The molecule has 0 aromatic heterocycles. The molecule has 0 heterocycles. The lowest BCUT2D eigenvalue weighted by atomic mass is 10.2. The Morgan fingerprint density at radius 1 is 1.11 bits per heavy atom. The Hall–Kier alpha value is -1.65. The molecule has 5 heteroatoms. The van der Waals surface area contributed by atoms with Gasteiger partial charge in [0.15, 0.2) is 0 Å². The van der Waals surface area contributed by atoms with Gasteiger partial charge in [-0.1, -0.05) is 23.4 Å².